The first kappa shape index (κ1) is 16.4. The number of piperidine rings is 1. The molecule has 1 aromatic rings. The first-order chi connectivity index (χ1) is 10.5. The zero-order valence-electron chi connectivity index (χ0n) is 12.9. The van der Waals surface area contributed by atoms with E-state index in [0.717, 1.165) is 18.4 Å². The molecule has 0 aromatic carbocycles. The largest absolute Gasteiger partial charge is 0.396 e. The van der Waals surface area contributed by atoms with E-state index in [-0.39, 0.29) is 18.4 Å². The molecule has 0 bridgehead atoms. The molecular weight excluding hydrogens is 320 g/mol. The number of nitrogens with zero attached hydrogens (tertiary/aromatic N) is 2. The fourth-order valence-corrected chi connectivity index (χ4v) is 6.17. The summed E-state index contributed by atoms with van der Waals surface area (Å²) in [6, 6.07) is 2.04. The van der Waals surface area contributed by atoms with E-state index in [4.69, 9.17) is 0 Å². The fraction of sp³-hybridized carbons (Fsp3) is 0.733. The predicted octanol–water partition coefficient (Wildman–Crippen LogP) is 1.73. The van der Waals surface area contributed by atoms with Gasteiger partial charge in [-0.15, -0.1) is 0 Å². The Labute approximate surface area is 136 Å². The molecule has 0 unspecified atom stereocenters. The second kappa shape index (κ2) is 6.57. The van der Waals surface area contributed by atoms with Crippen LogP contribution in [0, 0.1) is 11.8 Å². The van der Waals surface area contributed by atoms with Gasteiger partial charge in [0, 0.05) is 44.6 Å². The lowest BCUT2D eigenvalue weighted by atomic mass is 9.92. The second-order valence-electron chi connectivity index (χ2n) is 6.54. The van der Waals surface area contributed by atoms with Crippen molar-refractivity contribution in [2.24, 2.45) is 11.8 Å². The summed E-state index contributed by atoms with van der Waals surface area (Å²) in [6.07, 6.45) is 2.04. The van der Waals surface area contributed by atoms with Gasteiger partial charge in [0.1, 0.15) is 0 Å². The Kier molecular flexibility index (Phi) is 4.89. The highest BCUT2D eigenvalue weighted by molar-refractivity contribution is 7.86. The van der Waals surface area contributed by atoms with Gasteiger partial charge in [-0.1, -0.05) is 6.92 Å². The second-order valence-corrected chi connectivity index (χ2v) is 9.24. The minimum Gasteiger partial charge on any atom is -0.396 e. The van der Waals surface area contributed by atoms with Gasteiger partial charge in [0.25, 0.3) is 10.2 Å². The van der Waals surface area contributed by atoms with Crippen molar-refractivity contribution in [1.29, 1.82) is 0 Å². The summed E-state index contributed by atoms with van der Waals surface area (Å²) in [6.45, 7) is 4.28. The maximum atomic E-state index is 12.9. The van der Waals surface area contributed by atoms with Crippen molar-refractivity contribution >= 4 is 21.5 Å². The van der Waals surface area contributed by atoms with Gasteiger partial charge in [-0.3, -0.25) is 0 Å². The molecule has 3 rings (SSSR count). The zero-order chi connectivity index (χ0) is 15.7. The van der Waals surface area contributed by atoms with Gasteiger partial charge in [0.05, 0.1) is 0 Å². The highest BCUT2D eigenvalue weighted by Crippen LogP contribution is 2.36. The van der Waals surface area contributed by atoms with Gasteiger partial charge in [0.15, 0.2) is 0 Å². The molecule has 2 fully saturated rings. The molecule has 5 nitrogen and oxygen atoms in total. The minimum atomic E-state index is -3.40. The number of aliphatic hydroxyl groups excluding tert-OH is 1. The van der Waals surface area contributed by atoms with E-state index in [1.165, 1.54) is 0 Å². The van der Waals surface area contributed by atoms with Gasteiger partial charge in [0.2, 0.25) is 0 Å². The summed E-state index contributed by atoms with van der Waals surface area (Å²) in [5.41, 5.74) is 1.15. The van der Waals surface area contributed by atoms with Crippen LogP contribution in [-0.4, -0.2) is 54.9 Å². The summed E-state index contributed by atoms with van der Waals surface area (Å²) in [5, 5.41) is 13.7. The first-order valence-electron chi connectivity index (χ1n) is 7.90. The van der Waals surface area contributed by atoms with Crippen LogP contribution in [0.25, 0.3) is 0 Å². The minimum absolute atomic E-state index is 0.00779. The molecule has 22 heavy (non-hydrogen) atoms. The van der Waals surface area contributed by atoms with Crippen molar-refractivity contribution in [2.75, 3.05) is 32.8 Å². The third kappa shape index (κ3) is 3.10. The van der Waals surface area contributed by atoms with E-state index in [1.807, 2.05) is 11.4 Å². The van der Waals surface area contributed by atoms with Gasteiger partial charge in [-0.25, -0.2) is 0 Å². The maximum absolute atomic E-state index is 12.9. The van der Waals surface area contributed by atoms with Crippen LogP contribution in [0.5, 0.6) is 0 Å². The monoisotopic (exact) mass is 344 g/mol. The van der Waals surface area contributed by atoms with Crippen molar-refractivity contribution in [1.82, 2.24) is 8.61 Å². The number of thiophene rings is 1. The Morgan fingerprint density at radius 1 is 1.32 bits per heavy atom. The maximum Gasteiger partial charge on any atom is 0.282 e. The molecule has 2 saturated heterocycles. The van der Waals surface area contributed by atoms with E-state index in [2.05, 4.69) is 12.3 Å². The average Bonchev–Trinajstić information content (AvgIpc) is 3.16. The number of rotatable bonds is 4. The van der Waals surface area contributed by atoms with Crippen LogP contribution in [0.1, 0.15) is 31.2 Å². The van der Waals surface area contributed by atoms with E-state index in [0.29, 0.717) is 32.1 Å². The van der Waals surface area contributed by atoms with Crippen LogP contribution in [0.3, 0.4) is 0 Å². The third-order valence-electron chi connectivity index (χ3n) is 4.89. The van der Waals surface area contributed by atoms with Gasteiger partial charge in [-0.05, 0) is 41.1 Å². The molecule has 7 heteroatoms. The Hall–Kier alpha value is -0.470. The Bertz CT molecular complexity index is 588. The van der Waals surface area contributed by atoms with Crippen molar-refractivity contribution in [2.45, 2.75) is 25.7 Å². The van der Waals surface area contributed by atoms with Gasteiger partial charge < -0.3 is 5.11 Å². The van der Waals surface area contributed by atoms with Crippen LogP contribution in [0.15, 0.2) is 16.8 Å². The van der Waals surface area contributed by atoms with Crippen molar-refractivity contribution in [3.63, 3.8) is 0 Å². The normalized spacial score (nSPS) is 31.6. The van der Waals surface area contributed by atoms with Crippen LogP contribution in [-0.2, 0) is 10.2 Å². The highest BCUT2D eigenvalue weighted by atomic mass is 32.2. The smallest absolute Gasteiger partial charge is 0.282 e. The number of hydrogen-bond donors (Lipinski definition) is 1. The quantitative estimate of drug-likeness (QED) is 0.905. The molecule has 3 heterocycles. The molecule has 0 radical (unpaired) electrons. The topological polar surface area (TPSA) is 60.9 Å². The first-order valence-corrected chi connectivity index (χ1v) is 10.2. The molecule has 2 aliphatic heterocycles. The lowest BCUT2D eigenvalue weighted by Gasteiger charge is -2.33. The third-order valence-corrected chi connectivity index (χ3v) is 7.52. The van der Waals surface area contributed by atoms with E-state index in [9.17, 15) is 13.5 Å². The number of aliphatic hydroxyl groups is 1. The molecule has 0 amide bonds. The predicted molar refractivity (Wildman–Crippen MR) is 88.1 cm³/mol. The van der Waals surface area contributed by atoms with Crippen LogP contribution >= 0.6 is 11.3 Å². The number of hydrogen-bond acceptors (Lipinski definition) is 4. The van der Waals surface area contributed by atoms with Crippen LogP contribution < -0.4 is 0 Å². The molecule has 2 aliphatic rings. The Morgan fingerprint density at radius 2 is 2.14 bits per heavy atom. The SMILES string of the molecule is C[C@@H]1CCCN(S(=O)(=O)N2C[C@H](CO)[C@H](c3ccsc3)C2)C1. The molecule has 0 aliphatic carbocycles. The van der Waals surface area contributed by atoms with E-state index in [1.54, 1.807) is 19.9 Å². The van der Waals surface area contributed by atoms with Crippen LogP contribution in [0.4, 0.5) is 0 Å². The molecule has 124 valence electrons. The molecule has 1 N–H and O–H groups in total. The summed E-state index contributed by atoms with van der Waals surface area (Å²) in [7, 11) is -3.40. The Morgan fingerprint density at radius 3 is 2.77 bits per heavy atom. The lowest BCUT2D eigenvalue weighted by Crippen LogP contribution is -2.47. The fourth-order valence-electron chi connectivity index (χ4n) is 3.59. The Balaban J connectivity index is 1.77. The molecule has 0 saturated carbocycles. The van der Waals surface area contributed by atoms with E-state index < -0.39 is 10.2 Å². The summed E-state index contributed by atoms with van der Waals surface area (Å²) < 4.78 is 29.0. The summed E-state index contributed by atoms with van der Waals surface area (Å²) >= 11 is 1.62. The van der Waals surface area contributed by atoms with Crippen LogP contribution in [0.2, 0.25) is 0 Å². The standard InChI is InChI=1S/C15H24N2O3S2/c1-12-3-2-5-16(7-12)22(19,20)17-8-14(10-18)15(9-17)13-4-6-21-11-13/h4,6,11-12,14-15,18H,2-3,5,7-10H2,1H3/t12-,14-,15+/m1/s1. The van der Waals surface area contributed by atoms with E-state index >= 15 is 0 Å². The molecule has 3 atom stereocenters. The van der Waals surface area contributed by atoms with Crippen molar-refractivity contribution in [3.05, 3.63) is 22.4 Å². The lowest BCUT2D eigenvalue weighted by molar-refractivity contribution is 0.221. The van der Waals surface area contributed by atoms with Gasteiger partial charge in [-0.2, -0.15) is 28.4 Å². The molecular formula is C15H24N2O3S2. The highest BCUT2D eigenvalue weighted by Gasteiger charge is 2.42. The van der Waals surface area contributed by atoms with Gasteiger partial charge >= 0.3 is 0 Å². The van der Waals surface area contributed by atoms with Crippen molar-refractivity contribution < 1.29 is 13.5 Å². The summed E-state index contributed by atoms with van der Waals surface area (Å²) in [5.74, 6) is 0.521. The summed E-state index contributed by atoms with van der Waals surface area (Å²) in [4.78, 5) is 0. The average molecular weight is 345 g/mol. The molecule has 1 aromatic heterocycles. The molecule has 0 spiro atoms. The van der Waals surface area contributed by atoms with Crippen molar-refractivity contribution in [3.8, 4) is 0 Å². The zero-order valence-corrected chi connectivity index (χ0v) is 14.5.